The summed E-state index contributed by atoms with van der Waals surface area (Å²) in [5.41, 5.74) is 2.01. The molecule has 11 heteroatoms. The first kappa shape index (κ1) is 62.8. The number of hydrogen-bond acceptors (Lipinski definition) is 10. The van der Waals surface area contributed by atoms with Gasteiger partial charge in [-0.25, -0.2) is 9.59 Å². The van der Waals surface area contributed by atoms with Crippen molar-refractivity contribution in [2.45, 2.75) is 232 Å². The Balaban J connectivity index is 0.00000124. The zero-order valence-corrected chi connectivity index (χ0v) is 45.2. The van der Waals surface area contributed by atoms with Gasteiger partial charge in [0.15, 0.2) is 0 Å². The Hall–Kier alpha value is -2.19. The van der Waals surface area contributed by atoms with Crippen molar-refractivity contribution in [1.82, 2.24) is 0 Å². The molecule has 0 bridgehead atoms. The van der Waals surface area contributed by atoms with Gasteiger partial charge in [-0.1, -0.05) is 203 Å². The van der Waals surface area contributed by atoms with E-state index in [0.29, 0.717) is 38.9 Å². The first-order valence-corrected chi connectivity index (χ1v) is 25.2. The molecule has 0 fully saturated rings. The number of unbranched alkanes of at least 4 members (excludes halogenated alkanes) is 20. The van der Waals surface area contributed by atoms with Gasteiger partial charge < -0.3 is 38.7 Å². The monoisotopic (exact) mass is 1030 g/mol. The van der Waals surface area contributed by atoms with E-state index in [1.807, 2.05) is 60.7 Å². The Morgan fingerprint density at radius 2 is 0.692 bits per heavy atom. The van der Waals surface area contributed by atoms with Gasteiger partial charge in [0.2, 0.25) is 0 Å². The van der Waals surface area contributed by atoms with Gasteiger partial charge in [0, 0.05) is 11.9 Å². The molecule has 0 aromatic heterocycles. The molecule has 10 nitrogen and oxygen atoms in total. The van der Waals surface area contributed by atoms with Crippen LogP contribution in [0.15, 0.2) is 60.7 Å². The summed E-state index contributed by atoms with van der Waals surface area (Å²) in [6.07, 6.45) is 30.9. The number of benzene rings is 2. The fourth-order valence-corrected chi connectivity index (χ4v) is 7.64. The average molecular weight is 1030 g/mol. The second-order valence-corrected chi connectivity index (χ2v) is 17.4. The summed E-state index contributed by atoms with van der Waals surface area (Å²) < 4.78 is 22.1. The van der Waals surface area contributed by atoms with Gasteiger partial charge in [-0.2, -0.15) is 0 Å². The van der Waals surface area contributed by atoms with Crippen molar-refractivity contribution < 1.29 is 48.3 Å². The number of carboxylic acid groups (broad SMARTS) is 2. The number of ether oxygens (including phenoxy) is 4. The van der Waals surface area contributed by atoms with Crippen LogP contribution >= 0.6 is 0 Å². The Kier molecular flexibility index (Phi) is 45.3. The summed E-state index contributed by atoms with van der Waals surface area (Å²) >= 11 is 0. The summed E-state index contributed by atoms with van der Waals surface area (Å²) in [6, 6.07) is 19.4. The number of carbonyl (C=O) groups excluding carboxylic acids is 4. The number of carboxylic acids is 2. The van der Waals surface area contributed by atoms with Crippen molar-refractivity contribution in [2.75, 3.05) is 13.2 Å². The normalized spacial score (nSPS) is 11.7. The van der Waals surface area contributed by atoms with E-state index in [-0.39, 0.29) is 99.1 Å². The minimum absolute atomic E-state index is 0. The molecule has 0 saturated carbocycles. The van der Waals surface area contributed by atoms with Gasteiger partial charge in [-0.05, 0) is 75.3 Å². The number of hydrogen-bond donors (Lipinski definition) is 0. The predicted octanol–water partition coefficient (Wildman–Crippen LogP) is 11.1. The molecule has 0 aliphatic heterocycles. The van der Waals surface area contributed by atoms with Crippen LogP contribution in [0.5, 0.6) is 0 Å². The molecule has 0 amide bonds. The van der Waals surface area contributed by atoms with Crippen molar-refractivity contribution in [1.29, 1.82) is 0 Å². The molecule has 0 N–H and O–H groups in total. The van der Waals surface area contributed by atoms with E-state index in [9.17, 15) is 29.4 Å². The number of aliphatic carboxylic acids is 2. The van der Waals surface area contributed by atoms with Crippen molar-refractivity contribution >= 4 is 72.8 Å². The third kappa shape index (κ3) is 42.9. The van der Waals surface area contributed by atoms with Gasteiger partial charge in [-0.15, -0.1) is 0 Å². The summed E-state index contributed by atoms with van der Waals surface area (Å²) in [5.74, 6) is -2.89. The third-order valence-corrected chi connectivity index (χ3v) is 11.3. The molecule has 0 aliphatic rings. The van der Waals surface area contributed by atoms with E-state index in [1.54, 1.807) is 0 Å². The first-order chi connectivity index (χ1) is 31.2. The molecule has 65 heavy (non-hydrogen) atoms. The third-order valence-electron chi connectivity index (χ3n) is 11.3. The molecule has 2 unspecified atom stereocenters. The van der Waals surface area contributed by atoms with Crippen LogP contribution in [0.1, 0.15) is 218 Å². The zero-order chi connectivity index (χ0) is 46.6. The zero-order valence-electron chi connectivity index (χ0n) is 40.8. The smallest absolute Gasteiger partial charge is 0.550 e. The number of carbonyl (C=O) groups is 4. The van der Waals surface area contributed by atoms with E-state index < -0.39 is 11.9 Å². The quantitative estimate of drug-likeness (QED) is 0.0357. The first-order valence-electron chi connectivity index (χ1n) is 25.2. The van der Waals surface area contributed by atoms with Crippen LogP contribution in [-0.2, 0) is 51.3 Å². The standard InChI is InChI=1S/2C27H44O5.Ba/c2*1-2-3-4-5-6-7-8-9-10-11-15-19-25(20-16-21-26(28)29)32-27(30)23-31-22-24-17-13-12-14-18-24;/h2*12-14,17-18,25H,2-11,15-16,19-23H2,1H3,(H,28,29);/q;;+2/p-2. The molecular formula is C54H86BaO10. The Morgan fingerprint density at radius 1 is 0.415 bits per heavy atom. The van der Waals surface area contributed by atoms with Crippen molar-refractivity contribution in [3.63, 3.8) is 0 Å². The van der Waals surface area contributed by atoms with E-state index in [2.05, 4.69) is 13.8 Å². The van der Waals surface area contributed by atoms with Crippen molar-refractivity contribution in [3.8, 4) is 0 Å². The van der Waals surface area contributed by atoms with Crippen LogP contribution in [0.25, 0.3) is 0 Å². The Bertz CT molecular complexity index is 1290. The SMILES string of the molecule is CCCCCCCCCCCCCC(CCCC(=O)[O-])OC(=O)COCc1ccccc1.CCCCCCCCCCCCCC(CCCC(=O)[O-])OC(=O)COCc1ccccc1.[Ba+2]. The molecule has 0 spiro atoms. The average Bonchev–Trinajstić information content (AvgIpc) is 3.28. The topological polar surface area (TPSA) is 151 Å². The molecule has 2 rings (SSSR count). The maximum absolute atomic E-state index is 12.2. The summed E-state index contributed by atoms with van der Waals surface area (Å²) in [5, 5.41) is 21.4. The van der Waals surface area contributed by atoms with Crippen LogP contribution in [0.4, 0.5) is 0 Å². The molecule has 0 heterocycles. The fraction of sp³-hybridized carbons (Fsp3) is 0.704. The molecule has 0 aliphatic carbocycles. The van der Waals surface area contributed by atoms with Crippen LogP contribution < -0.4 is 10.2 Å². The second kappa shape index (κ2) is 46.9. The van der Waals surface area contributed by atoms with Crippen LogP contribution in [0.2, 0.25) is 0 Å². The van der Waals surface area contributed by atoms with E-state index >= 15 is 0 Å². The second-order valence-electron chi connectivity index (χ2n) is 17.4. The van der Waals surface area contributed by atoms with Gasteiger partial charge in [-0.3, -0.25) is 0 Å². The van der Waals surface area contributed by atoms with Crippen LogP contribution in [0, 0.1) is 0 Å². The Labute approximate surface area is 434 Å². The maximum Gasteiger partial charge on any atom is 2.00 e. The van der Waals surface area contributed by atoms with E-state index in [4.69, 9.17) is 18.9 Å². The van der Waals surface area contributed by atoms with Gasteiger partial charge in [0.25, 0.3) is 0 Å². The molecule has 2 atom stereocenters. The molecule has 2 aromatic carbocycles. The molecule has 0 radical (unpaired) electrons. The van der Waals surface area contributed by atoms with E-state index in [0.717, 1.165) is 49.7 Å². The van der Waals surface area contributed by atoms with Gasteiger partial charge >= 0.3 is 60.8 Å². The van der Waals surface area contributed by atoms with Gasteiger partial charge in [0.1, 0.15) is 25.4 Å². The molecule has 0 saturated heterocycles. The van der Waals surface area contributed by atoms with E-state index in [1.165, 1.54) is 116 Å². The number of rotatable bonds is 42. The summed E-state index contributed by atoms with van der Waals surface area (Å²) in [7, 11) is 0. The van der Waals surface area contributed by atoms with Crippen LogP contribution in [0.3, 0.4) is 0 Å². The molecular weight excluding hydrogens is 946 g/mol. The van der Waals surface area contributed by atoms with Crippen molar-refractivity contribution in [2.24, 2.45) is 0 Å². The predicted molar refractivity (Wildman–Crippen MR) is 258 cm³/mol. The molecule has 2 aromatic rings. The largest absolute Gasteiger partial charge is 2.00 e. The Morgan fingerprint density at radius 3 is 0.985 bits per heavy atom. The van der Waals surface area contributed by atoms with Gasteiger partial charge in [0.05, 0.1) is 13.2 Å². The minimum Gasteiger partial charge on any atom is -0.550 e. The summed E-state index contributed by atoms with van der Waals surface area (Å²) in [4.78, 5) is 45.7. The van der Waals surface area contributed by atoms with Crippen molar-refractivity contribution in [3.05, 3.63) is 71.8 Å². The molecule has 364 valence electrons. The van der Waals surface area contributed by atoms with Crippen LogP contribution in [-0.4, -0.2) is 98.2 Å². The summed E-state index contributed by atoms with van der Waals surface area (Å²) in [6.45, 7) is 5.03. The minimum atomic E-state index is -1.06. The maximum atomic E-state index is 12.2. The fourth-order valence-electron chi connectivity index (χ4n) is 7.64. The number of esters is 2.